The van der Waals surface area contributed by atoms with Crippen molar-refractivity contribution < 1.29 is 4.39 Å². The zero-order valence-electron chi connectivity index (χ0n) is 13.3. The molecule has 1 aromatic heterocycles. The summed E-state index contributed by atoms with van der Waals surface area (Å²) in [6.07, 6.45) is 1.01. The van der Waals surface area contributed by atoms with Gasteiger partial charge >= 0.3 is 0 Å². The fourth-order valence-electron chi connectivity index (χ4n) is 2.62. The van der Waals surface area contributed by atoms with Crippen molar-refractivity contribution in [3.8, 4) is 5.69 Å². The maximum Gasteiger partial charge on any atom is 0.123 e. The van der Waals surface area contributed by atoms with E-state index in [9.17, 15) is 4.39 Å². The molecule has 4 heteroatoms. The fraction of sp³-hybridized carbons (Fsp3) is 0.471. The Hall–Kier alpha value is -1.68. The quantitative estimate of drug-likeness (QED) is 0.883. The minimum atomic E-state index is -0.222. The van der Waals surface area contributed by atoms with Crippen LogP contribution in [0.25, 0.3) is 5.69 Å². The van der Waals surface area contributed by atoms with Crippen molar-refractivity contribution in [2.24, 2.45) is 5.92 Å². The van der Waals surface area contributed by atoms with Crippen LogP contribution < -0.4 is 5.32 Å². The van der Waals surface area contributed by atoms with E-state index in [1.54, 1.807) is 12.1 Å². The van der Waals surface area contributed by atoms with Crippen LogP contribution in [0.5, 0.6) is 0 Å². The molecule has 0 fully saturated rings. The number of aromatic nitrogens is 2. The van der Waals surface area contributed by atoms with Crippen LogP contribution in [0.2, 0.25) is 0 Å². The summed E-state index contributed by atoms with van der Waals surface area (Å²) in [4.78, 5) is 0. The average Bonchev–Trinajstić information content (AvgIpc) is 2.74. The first-order chi connectivity index (χ1) is 10.0. The highest BCUT2D eigenvalue weighted by molar-refractivity contribution is 5.37. The lowest BCUT2D eigenvalue weighted by Gasteiger charge is -2.12. The van der Waals surface area contributed by atoms with Gasteiger partial charge in [0.1, 0.15) is 5.82 Å². The molecule has 0 aliphatic carbocycles. The molecule has 2 aromatic rings. The standard InChI is InChI=1S/C17H24FN3/c1-5-19-11-12(2)10-17-13(3)20-21(14(17)4)16-8-6-15(18)7-9-16/h6-9,12,19H,5,10-11H2,1-4H3. The van der Waals surface area contributed by atoms with Gasteiger partial charge in [-0.25, -0.2) is 9.07 Å². The molecule has 0 amide bonds. The van der Waals surface area contributed by atoms with Crippen molar-refractivity contribution in [1.82, 2.24) is 15.1 Å². The Balaban J connectivity index is 2.23. The van der Waals surface area contributed by atoms with E-state index >= 15 is 0 Å². The predicted molar refractivity (Wildman–Crippen MR) is 84.4 cm³/mol. The largest absolute Gasteiger partial charge is 0.317 e. The molecule has 1 heterocycles. The van der Waals surface area contributed by atoms with E-state index in [0.29, 0.717) is 5.92 Å². The molecule has 0 radical (unpaired) electrons. The number of benzene rings is 1. The molecule has 1 aromatic carbocycles. The Morgan fingerprint density at radius 2 is 1.90 bits per heavy atom. The van der Waals surface area contributed by atoms with Gasteiger partial charge in [-0.3, -0.25) is 0 Å². The molecular weight excluding hydrogens is 265 g/mol. The zero-order chi connectivity index (χ0) is 15.4. The van der Waals surface area contributed by atoms with Gasteiger partial charge in [-0.05, 0) is 69.1 Å². The summed E-state index contributed by atoms with van der Waals surface area (Å²) in [6, 6.07) is 6.47. The fourth-order valence-corrected chi connectivity index (χ4v) is 2.62. The first-order valence-corrected chi connectivity index (χ1v) is 7.54. The molecule has 1 atom stereocenters. The van der Waals surface area contributed by atoms with E-state index in [1.807, 2.05) is 11.6 Å². The molecule has 2 rings (SSSR count). The number of rotatable bonds is 6. The van der Waals surface area contributed by atoms with Gasteiger partial charge in [-0.1, -0.05) is 13.8 Å². The second-order valence-electron chi connectivity index (χ2n) is 5.65. The number of halogens is 1. The summed E-state index contributed by atoms with van der Waals surface area (Å²) >= 11 is 0. The van der Waals surface area contributed by atoms with Gasteiger partial charge < -0.3 is 5.32 Å². The number of hydrogen-bond donors (Lipinski definition) is 1. The summed E-state index contributed by atoms with van der Waals surface area (Å²) in [7, 11) is 0. The van der Waals surface area contributed by atoms with Crippen molar-refractivity contribution in [1.29, 1.82) is 0 Å². The molecule has 0 aliphatic rings. The number of aryl methyl sites for hydroxylation is 1. The molecule has 0 aliphatic heterocycles. The number of nitrogens with one attached hydrogen (secondary N) is 1. The molecular formula is C17H24FN3. The monoisotopic (exact) mass is 289 g/mol. The maximum atomic E-state index is 13.0. The predicted octanol–water partition coefficient (Wildman–Crippen LogP) is 3.42. The summed E-state index contributed by atoms with van der Waals surface area (Å²) < 4.78 is 14.9. The van der Waals surface area contributed by atoms with E-state index in [1.165, 1.54) is 17.7 Å². The lowest BCUT2D eigenvalue weighted by Crippen LogP contribution is -2.22. The van der Waals surface area contributed by atoms with E-state index in [0.717, 1.165) is 36.6 Å². The van der Waals surface area contributed by atoms with E-state index < -0.39 is 0 Å². The van der Waals surface area contributed by atoms with Crippen molar-refractivity contribution >= 4 is 0 Å². The average molecular weight is 289 g/mol. The molecule has 0 saturated heterocycles. The smallest absolute Gasteiger partial charge is 0.123 e. The third kappa shape index (κ3) is 3.70. The topological polar surface area (TPSA) is 29.9 Å². The van der Waals surface area contributed by atoms with Crippen molar-refractivity contribution in [3.05, 3.63) is 47.0 Å². The van der Waals surface area contributed by atoms with Gasteiger partial charge in [0.15, 0.2) is 0 Å². The van der Waals surface area contributed by atoms with Gasteiger partial charge in [0.25, 0.3) is 0 Å². The third-order valence-corrected chi connectivity index (χ3v) is 3.81. The highest BCUT2D eigenvalue weighted by Crippen LogP contribution is 2.21. The Labute approximate surface area is 126 Å². The zero-order valence-corrected chi connectivity index (χ0v) is 13.3. The Morgan fingerprint density at radius 3 is 2.52 bits per heavy atom. The number of hydrogen-bond acceptors (Lipinski definition) is 2. The molecule has 0 spiro atoms. The first-order valence-electron chi connectivity index (χ1n) is 7.54. The van der Waals surface area contributed by atoms with Crippen LogP contribution in [-0.2, 0) is 6.42 Å². The molecule has 0 saturated carbocycles. The lowest BCUT2D eigenvalue weighted by atomic mass is 9.99. The Kier molecular flexibility index (Phi) is 5.12. The number of nitrogens with zero attached hydrogens (tertiary/aromatic N) is 2. The minimum Gasteiger partial charge on any atom is -0.317 e. The third-order valence-electron chi connectivity index (χ3n) is 3.81. The maximum absolute atomic E-state index is 13.0. The van der Waals surface area contributed by atoms with Crippen LogP contribution in [0.3, 0.4) is 0 Å². The lowest BCUT2D eigenvalue weighted by molar-refractivity contribution is 0.519. The molecule has 3 nitrogen and oxygen atoms in total. The summed E-state index contributed by atoms with van der Waals surface area (Å²) in [6.45, 7) is 10.5. The summed E-state index contributed by atoms with van der Waals surface area (Å²) in [5.41, 5.74) is 4.40. The molecule has 0 bridgehead atoms. The normalized spacial score (nSPS) is 12.6. The molecule has 21 heavy (non-hydrogen) atoms. The van der Waals surface area contributed by atoms with Gasteiger partial charge in [-0.15, -0.1) is 0 Å². The molecule has 114 valence electrons. The summed E-state index contributed by atoms with van der Waals surface area (Å²) in [5.74, 6) is 0.341. The van der Waals surface area contributed by atoms with E-state index in [2.05, 4.69) is 31.2 Å². The van der Waals surface area contributed by atoms with E-state index in [-0.39, 0.29) is 5.82 Å². The molecule has 1 unspecified atom stereocenters. The van der Waals surface area contributed by atoms with Gasteiger partial charge in [-0.2, -0.15) is 5.10 Å². The van der Waals surface area contributed by atoms with E-state index in [4.69, 9.17) is 0 Å². The van der Waals surface area contributed by atoms with Crippen molar-refractivity contribution in [2.75, 3.05) is 13.1 Å². The minimum absolute atomic E-state index is 0.222. The van der Waals surface area contributed by atoms with Crippen LogP contribution in [-0.4, -0.2) is 22.9 Å². The highest BCUT2D eigenvalue weighted by atomic mass is 19.1. The van der Waals surface area contributed by atoms with Gasteiger partial charge in [0.05, 0.1) is 11.4 Å². The van der Waals surface area contributed by atoms with Crippen LogP contribution in [0.4, 0.5) is 4.39 Å². The van der Waals surface area contributed by atoms with Crippen molar-refractivity contribution in [2.45, 2.75) is 34.1 Å². The van der Waals surface area contributed by atoms with Gasteiger partial charge in [0.2, 0.25) is 0 Å². The highest BCUT2D eigenvalue weighted by Gasteiger charge is 2.15. The SMILES string of the molecule is CCNCC(C)Cc1c(C)nn(-c2ccc(F)cc2)c1C. The second-order valence-corrected chi connectivity index (χ2v) is 5.65. The Morgan fingerprint density at radius 1 is 1.24 bits per heavy atom. The van der Waals surface area contributed by atoms with Crippen LogP contribution in [0.15, 0.2) is 24.3 Å². The summed E-state index contributed by atoms with van der Waals surface area (Å²) in [5, 5.41) is 8.00. The van der Waals surface area contributed by atoms with Crippen LogP contribution >= 0.6 is 0 Å². The first kappa shape index (κ1) is 15.7. The Bertz CT molecular complexity index is 587. The van der Waals surface area contributed by atoms with Crippen LogP contribution in [0.1, 0.15) is 30.8 Å². The molecule has 1 N–H and O–H groups in total. The van der Waals surface area contributed by atoms with Crippen LogP contribution in [0, 0.1) is 25.6 Å². The van der Waals surface area contributed by atoms with Gasteiger partial charge in [0, 0.05) is 5.69 Å². The second kappa shape index (κ2) is 6.85. The van der Waals surface area contributed by atoms with Crippen molar-refractivity contribution in [3.63, 3.8) is 0 Å².